The topological polar surface area (TPSA) is 21.3 Å². The van der Waals surface area contributed by atoms with Gasteiger partial charge in [0.1, 0.15) is 10.8 Å². The van der Waals surface area contributed by atoms with Gasteiger partial charge in [0.2, 0.25) is 0 Å². The SMILES string of the molecule is CCCNCC(C)COc1cccc(Cl)c1Cl. The van der Waals surface area contributed by atoms with Crippen molar-refractivity contribution in [1.29, 1.82) is 0 Å². The van der Waals surface area contributed by atoms with Crippen molar-refractivity contribution in [2.24, 2.45) is 5.92 Å². The maximum atomic E-state index is 6.03. The summed E-state index contributed by atoms with van der Waals surface area (Å²) in [5.41, 5.74) is 0. The minimum absolute atomic E-state index is 0.441. The molecule has 0 fully saturated rings. The molecule has 4 heteroatoms. The van der Waals surface area contributed by atoms with Crippen molar-refractivity contribution in [3.05, 3.63) is 28.2 Å². The molecular formula is C13H19Cl2NO. The van der Waals surface area contributed by atoms with Gasteiger partial charge < -0.3 is 10.1 Å². The van der Waals surface area contributed by atoms with Gasteiger partial charge in [-0.25, -0.2) is 0 Å². The van der Waals surface area contributed by atoms with Crippen LogP contribution in [0.5, 0.6) is 5.75 Å². The minimum atomic E-state index is 0.441. The smallest absolute Gasteiger partial charge is 0.139 e. The summed E-state index contributed by atoms with van der Waals surface area (Å²) in [5, 5.41) is 4.38. The third-order valence-corrected chi connectivity index (χ3v) is 3.16. The zero-order valence-electron chi connectivity index (χ0n) is 10.3. The highest BCUT2D eigenvalue weighted by atomic mass is 35.5. The van der Waals surface area contributed by atoms with Crippen molar-refractivity contribution >= 4 is 23.2 Å². The Labute approximate surface area is 113 Å². The summed E-state index contributed by atoms with van der Waals surface area (Å²) in [6.07, 6.45) is 1.15. The van der Waals surface area contributed by atoms with Gasteiger partial charge >= 0.3 is 0 Å². The molecule has 0 aliphatic heterocycles. The monoisotopic (exact) mass is 275 g/mol. The molecular weight excluding hydrogens is 257 g/mol. The molecule has 0 bridgehead atoms. The third-order valence-electron chi connectivity index (χ3n) is 2.36. The van der Waals surface area contributed by atoms with E-state index in [-0.39, 0.29) is 0 Å². The van der Waals surface area contributed by atoms with E-state index in [1.54, 1.807) is 6.07 Å². The van der Waals surface area contributed by atoms with Gasteiger partial charge in [0.25, 0.3) is 0 Å². The normalized spacial score (nSPS) is 12.5. The van der Waals surface area contributed by atoms with Crippen molar-refractivity contribution in [3.8, 4) is 5.75 Å². The largest absolute Gasteiger partial charge is 0.492 e. The average molecular weight is 276 g/mol. The molecule has 0 saturated carbocycles. The van der Waals surface area contributed by atoms with E-state index in [0.717, 1.165) is 19.5 Å². The molecule has 0 aliphatic rings. The first-order valence-electron chi connectivity index (χ1n) is 5.92. The zero-order valence-corrected chi connectivity index (χ0v) is 11.8. The number of nitrogens with one attached hydrogen (secondary N) is 1. The van der Waals surface area contributed by atoms with Crippen LogP contribution in [-0.2, 0) is 0 Å². The van der Waals surface area contributed by atoms with E-state index in [9.17, 15) is 0 Å². The Balaban J connectivity index is 2.37. The van der Waals surface area contributed by atoms with E-state index >= 15 is 0 Å². The van der Waals surface area contributed by atoms with Crippen LogP contribution >= 0.6 is 23.2 Å². The van der Waals surface area contributed by atoms with Crippen molar-refractivity contribution in [2.45, 2.75) is 20.3 Å². The molecule has 0 aliphatic carbocycles. The van der Waals surface area contributed by atoms with Gasteiger partial charge in [0.05, 0.1) is 11.6 Å². The fourth-order valence-corrected chi connectivity index (χ4v) is 1.76. The quantitative estimate of drug-likeness (QED) is 0.760. The number of halogens is 2. The van der Waals surface area contributed by atoms with Crippen molar-refractivity contribution in [2.75, 3.05) is 19.7 Å². The molecule has 1 unspecified atom stereocenters. The highest BCUT2D eigenvalue weighted by molar-refractivity contribution is 6.42. The van der Waals surface area contributed by atoms with Crippen LogP contribution in [0.25, 0.3) is 0 Å². The van der Waals surface area contributed by atoms with Crippen LogP contribution in [-0.4, -0.2) is 19.7 Å². The van der Waals surface area contributed by atoms with Crippen LogP contribution in [0.4, 0.5) is 0 Å². The molecule has 0 spiro atoms. The molecule has 1 N–H and O–H groups in total. The molecule has 1 atom stereocenters. The summed E-state index contributed by atoms with van der Waals surface area (Å²) in [4.78, 5) is 0. The summed E-state index contributed by atoms with van der Waals surface area (Å²) in [6.45, 7) is 6.92. The predicted molar refractivity (Wildman–Crippen MR) is 74.3 cm³/mol. The van der Waals surface area contributed by atoms with E-state index in [4.69, 9.17) is 27.9 Å². The van der Waals surface area contributed by atoms with Gasteiger partial charge in [-0.3, -0.25) is 0 Å². The summed E-state index contributed by atoms with van der Waals surface area (Å²) in [5.74, 6) is 1.10. The molecule has 1 aromatic rings. The molecule has 0 saturated heterocycles. The fraction of sp³-hybridized carbons (Fsp3) is 0.538. The first-order chi connectivity index (χ1) is 8.15. The number of hydrogen-bond donors (Lipinski definition) is 1. The Bertz CT molecular complexity index is 344. The summed E-state index contributed by atoms with van der Waals surface area (Å²) >= 11 is 11.9. The molecule has 1 aromatic carbocycles. The standard InChI is InChI=1S/C13H19Cl2NO/c1-3-7-16-8-10(2)9-17-12-6-4-5-11(14)13(12)15/h4-6,10,16H,3,7-9H2,1-2H3. The van der Waals surface area contributed by atoms with Crippen molar-refractivity contribution in [1.82, 2.24) is 5.32 Å². The Morgan fingerprint density at radius 1 is 1.35 bits per heavy atom. The van der Waals surface area contributed by atoms with Crippen LogP contribution in [0.3, 0.4) is 0 Å². The van der Waals surface area contributed by atoms with Gasteiger partial charge in [-0.1, -0.05) is 43.1 Å². The lowest BCUT2D eigenvalue weighted by Gasteiger charge is -2.14. The Kier molecular flexibility index (Phi) is 6.71. The molecule has 0 heterocycles. The fourth-order valence-electron chi connectivity index (χ4n) is 1.41. The number of hydrogen-bond acceptors (Lipinski definition) is 2. The lowest BCUT2D eigenvalue weighted by molar-refractivity contribution is 0.256. The van der Waals surface area contributed by atoms with E-state index < -0.39 is 0 Å². The Morgan fingerprint density at radius 2 is 2.12 bits per heavy atom. The van der Waals surface area contributed by atoms with Gasteiger partial charge in [-0.15, -0.1) is 0 Å². The van der Waals surface area contributed by atoms with E-state index in [1.807, 2.05) is 12.1 Å². The Hall–Kier alpha value is -0.440. The summed E-state index contributed by atoms with van der Waals surface area (Å²) in [6, 6.07) is 5.42. The van der Waals surface area contributed by atoms with Crippen LogP contribution in [0, 0.1) is 5.92 Å². The van der Waals surface area contributed by atoms with Gasteiger partial charge in [0.15, 0.2) is 0 Å². The van der Waals surface area contributed by atoms with E-state index in [0.29, 0.717) is 28.3 Å². The maximum Gasteiger partial charge on any atom is 0.139 e. The molecule has 0 radical (unpaired) electrons. The maximum absolute atomic E-state index is 6.03. The zero-order chi connectivity index (χ0) is 12.7. The summed E-state index contributed by atoms with van der Waals surface area (Å²) < 4.78 is 5.65. The first-order valence-corrected chi connectivity index (χ1v) is 6.68. The molecule has 96 valence electrons. The number of rotatable bonds is 7. The average Bonchev–Trinajstić information content (AvgIpc) is 2.31. The second kappa shape index (κ2) is 7.80. The van der Waals surface area contributed by atoms with E-state index in [2.05, 4.69) is 19.2 Å². The van der Waals surface area contributed by atoms with Crippen LogP contribution in [0.15, 0.2) is 18.2 Å². The number of benzene rings is 1. The molecule has 2 nitrogen and oxygen atoms in total. The molecule has 17 heavy (non-hydrogen) atoms. The predicted octanol–water partition coefficient (Wildman–Crippen LogP) is 4.01. The third kappa shape index (κ3) is 5.15. The minimum Gasteiger partial charge on any atom is -0.492 e. The highest BCUT2D eigenvalue weighted by Crippen LogP contribution is 2.31. The van der Waals surface area contributed by atoms with Crippen molar-refractivity contribution < 1.29 is 4.74 Å². The first kappa shape index (κ1) is 14.6. The molecule has 0 aromatic heterocycles. The van der Waals surface area contributed by atoms with Crippen LogP contribution in [0.1, 0.15) is 20.3 Å². The van der Waals surface area contributed by atoms with E-state index in [1.165, 1.54) is 0 Å². The second-order valence-electron chi connectivity index (χ2n) is 4.17. The van der Waals surface area contributed by atoms with Gasteiger partial charge in [0, 0.05) is 12.5 Å². The van der Waals surface area contributed by atoms with Crippen LogP contribution < -0.4 is 10.1 Å². The second-order valence-corrected chi connectivity index (χ2v) is 4.96. The molecule has 1 rings (SSSR count). The van der Waals surface area contributed by atoms with Crippen molar-refractivity contribution in [3.63, 3.8) is 0 Å². The van der Waals surface area contributed by atoms with Crippen LogP contribution in [0.2, 0.25) is 10.0 Å². The lowest BCUT2D eigenvalue weighted by Crippen LogP contribution is -2.25. The Morgan fingerprint density at radius 3 is 2.82 bits per heavy atom. The van der Waals surface area contributed by atoms with Gasteiger partial charge in [-0.05, 0) is 25.1 Å². The number of ether oxygens (including phenoxy) is 1. The van der Waals surface area contributed by atoms with Gasteiger partial charge in [-0.2, -0.15) is 0 Å². The molecule has 0 amide bonds. The highest BCUT2D eigenvalue weighted by Gasteiger charge is 2.07. The lowest BCUT2D eigenvalue weighted by atomic mass is 10.2. The summed E-state index contributed by atoms with van der Waals surface area (Å²) in [7, 11) is 0.